The zero-order valence-corrected chi connectivity index (χ0v) is 28.6. The Morgan fingerprint density at radius 1 is 0.321 bits per heavy atom. The molecule has 10 aromatic rings. The van der Waals surface area contributed by atoms with Crippen molar-refractivity contribution in [1.29, 1.82) is 0 Å². The van der Waals surface area contributed by atoms with Gasteiger partial charge in [0.2, 0.25) is 0 Å². The third kappa shape index (κ3) is 5.45. The Balaban J connectivity index is 1.20. The van der Waals surface area contributed by atoms with Crippen LogP contribution in [0.4, 0.5) is 0 Å². The second kappa shape index (κ2) is 12.9. The molecule has 0 bridgehead atoms. The van der Waals surface area contributed by atoms with Crippen LogP contribution in [0.3, 0.4) is 0 Å². The lowest BCUT2D eigenvalue weighted by Gasteiger charge is -2.15. The Hall–Kier alpha value is -7.17. The largest absolute Gasteiger partial charge is 0.455 e. The minimum atomic E-state index is 0.589. The normalized spacial score (nSPS) is 11.4. The highest BCUT2D eigenvalue weighted by molar-refractivity contribution is 6.15. The highest BCUT2D eigenvalue weighted by Gasteiger charge is 2.20. The predicted octanol–water partition coefficient (Wildman–Crippen LogP) is 12.9. The first-order chi connectivity index (χ1) is 26.3. The van der Waals surface area contributed by atoms with Crippen LogP contribution in [0, 0.1) is 0 Å². The summed E-state index contributed by atoms with van der Waals surface area (Å²) in [6.07, 6.45) is 0. The second-order valence-corrected chi connectivity index (χ2v) is 13.2. The van der Waals surface area contributed by atoms with Gasteiger partial charge in [0, 0.05) is 33.0 Å². The van der Waals surface area contributed by atoms with Crippen molar-refractivity contribution in [1.82, 2.24) is 15.0 Å². The fourth-order valence-corrected chi connectivity index (χ4v) is 7.46. The number of hydrogen-bond donors (Lipinski definition) is 0. The van der Waals surface area contributed by atoms with Crippen molar-refractivity contribution < 1.29 is 4.42 Å². The van der Waals surface area contributed by atoms with E-state index in [9.17, 15) is 0 Å². The summed E-state index contributed by atoms with van der Waals surface area (Å²) in [5.41, 5.74) is 11.1. The standard InChI is InChI=1S/C49H31N3O/c1-4-15-33(16-5-1)38-24-13-26-41-45-42(27-14-28-44(45)53-46(38)41)49-51-47(35-20-8-3-9-21-35)50-48(52-49)36-29-30-40(43(31-36)34-17-6-2-7-18-34)39-25-12-22-32-19-10-11-23-37(32)39/h1-31H. The molecule has 2 aromatic heterocycles. The second-order valence-electron chi connectivity index (χ2n) is 13.2. The van der Waals surface area contributed by atoms with Crippen molar-refractivity contribution in [2.75, 3.05) is 0 Å². The Morgan fingerprint density at radius 2 is 0.868 bits per heavy atom. The molecule has 0 aliphatic rings. The van der Waals surface area contributed by atoms with Crippen molar-refractivity contribution >= 4 is 32.7 Å². The van der Waals surface area contributed by atoms with E-state index in [4.69, 9.17) is 19.4 Å². The topological polar surface area (TPSA) is 51.8 Å². The number of fused-ring (bicyclic) bond motifs is 4. The van der Waals surface area contributed by atoms with E-state index in [0.717, 1.165) is 66.4 Å². The average molecular weight is 678 g/mol. The minimum Gasteiger partial charge on any atom is -0.455 e. The van der Waals surface area contributed by atoms with E-state index >= 15 is 0 Å². The molecule has 8 aromatic carbocycles. The quantitative estimate of drug-likeness (QED) is 0.176. The molecule has 0 aliphatic heterocycles. The van der Waals surface area contributed by atoms with E-state index in [0.29, 0.717) is 17.5 Å². The van der Waals surface area contributed by atoms with Crippen molar-refractivity contribution in [2.45, 2.75) is 0 Å². The van der Waals surface area contributed by atoms with Gasteiger partial charge in [-0.1, -0.05) is 176 Å². The molecule has 0 aliphatic carbocycles. The molecule has 53 heavy (non-hydrogen) atoms. The number of hydrogen-bond acceptors (Lipinski definition) is 4. The minimum absolute atomic E-state index is 0.589. The number of benzene rings is 8. The number of furan rings is 1. The summed E-state index contributed by atoms with van der Waals surface area (Å²) in [5.74, 6) is 1.80. The number of aromatic nitrogens is 3. The molecular weight excluding hydrogens is 647 g/mol. The van der Waals surface area contributed by atoms with Crippen LogP contribution in [0.25, 0.3) is 100 Å². The van der Waals surface area contributed by atoms with Gasteiger partial charge in [0.1, 0.15) is 11.2 Å². The number of para-hydroxylation sites is 1. The van der Waals surface area contributed by atoms with E-state index in [1.807, 2.05) is 48.5 Å². The van der Waals surface area contributed by atoms with E-state index in [-0.39, 0.29) is 0 Å². The molecule has 248 valence electrons. The van der Waals surface area contributed by atoms with Crippen LogP contribution in [0.15, 0.2) is 192 Å². The highest BCUT2D eigenvalue weighted by atomic mass is 16.3. The zero-order chi connectivity index (χ0) is 35.1. The first-order valence-corrected chi connectivity index (χ1v) is 17.8. The molecule has 0 fully saturated rings. The summed E-state index contributed by atoms with van der Waals surface area (Å²) in [6, 6.07) is 65.1. The molecule has 0 saturated heterocycles. The lowest BCUT2D eigenvalue weighted by atomic mass is 9.90. The van der Waals surface area contributed by atoms with Crippen LogP contribution < -0.4 is 0 Å². The molecule has 4 heteroatoms. The summed E-state index contributed by atoms with van der Waals surface area (Å²) >= 11 is 0. The summed E-state index contributed by atoms with van der Waals surface area (Å²) < 4.78 is 6.61. The van der Waals surface area contributed by atoms with Gasteiger partial charge in [-0.05, 0) is 50.7 Å². The first-order valence-electron chi connectivity index (χ1n) is 17.8. The van der Waals surface area contributed by atoms with Gasteiger partial charge in [0.15, 0.2) is 17.5 Å². The number of nitrogens with zero attached hydrogens (tertiary/aromatic N) is 3. The van der Waals surface area contributed by atoms with Gasteiger partial charge < -0.3 is 4.42 Å². The smallest absolute Gasteiger partial charge is 0.164 e. The Kier molecular flexibility index (Phi) is 7.43. The summed E-state index contributed by atoms with van der Waals surface area (Å²) in [4.78, 5) is 15.5. The SMILES string of the molecule is c1ccc(-c2nc(-c3ccc(-c4cccc5ccccc45)c(-c4ccccc4)c3)nc(-c3cccc4oc5c(-c6ccccc6)cccc5c34)n2)cc1. The molecule has 0 spiro atoms. The highest BCUT2D eigenvalue weighted by Crippen LogP contribution is 2.42. The van der Waals surface area contributed by atoms with Crippen LogP contribution in [0.5, 0.6) is 0 Å². The fourth-order valence-electron chi connectivity index (χ4n) is 7.46. The lowest BCUT2D eigenvalue weighted by molar-refractivity contribution is 0.670. The maximum Gasteiger partial charge on any atom is 0.164 e. The number of rotatable bonds is 6. The fraction of sp³-hybridized carbons (Fsp3) is 0. The third-order valence-electron chi connectivity index (χ3n) is 9.96. The van der Waals surface area contributed by atoms with Crippen molar-refractivity contribution in [3.05, 3.63) is 188 Å². The van der Waals surface area contributed by atoms with Crippen molar-refractivity contribution in [2.24, 2.45) is 0 Å². The summed E-state index contributed by atoms with van der Waals surface area (Å²) in [5, 5.41) is 4.42. The third-order valence-corrected chi connectivity index (χ3v) is 9.96. The molecule has 0 unspecified atom stereocenters. The van der Waals surface area contributed by atoms with E-state index in [2.05, 4.69) is 140 Å². The first kappa shape index (κ1) is 30.6. The van der Waals surface area contributed by atoms with E-state index in [1.54, 1.807) is 0 Å². The zero-order valence-electron chi connectivity index (χ0n) is 28.6. The van der Waals surface area contributed by atoms with Gasteiger partial charge in [-0.3, -0.25) is 0 Å². The molecule has 0 N–H and O–H groups in total. The van der Waals surface area contributed by atoms with Crippen LogP contribution in [-0.2, 0) is 0 Å². The molecule has 10 rings (SSSR count). The molecule has 0 radical (unpaired) electrons. The van der Waals surface area contributed by atoms with Gasteiger partial charge in [-0.15, -0.1) is 0 Å². The predicted molar refractivity (Wildman–Crippen MR) is 217 cm³/mol. The molecule has 0 amide bonds. The van der Waals surface area contributed by atoms with Gasteiger partial charge >= 0.3 is 0 Å². The molecule has 4 nitrogen and oxygen atoms in total. The maximum absolute atomic E-state index is 6.61. The van der Waals surface area contributed by atoms with Gasteiger partial charge in [0.05, 0.1) is 0 Å². The average Bonchev–Trinajstić information content (AvgIpc) is 3.63. The molecule has 2 heterocycles. The van der Waals surface area contributed by atoms with Crippen LogP contribution >= 0.6 is 0 Å². The van der Waals surface area contributed by atoms with Crippen molar-refractivity contribution in [3.8, 4) is 67.5 Å². The summed E-state index contributed by atoms with van der Waals surface area (Å²) in [7, 11) is 0. The van der Waals surface area contributed by atoms with E-state index in [1.165, 1.54) is 16.3 Å². The van der Waals surface area contributed by atoms with E-state index < -0.39 is 0 Å². The van der Waals surface area contributed by atoms with Crippen LogP contribution in [0.1, 0.15) is 0 Å². The lowest BCUT2D eigenvalue weighted by Crippen LogP contribution is -2.01. The molecular formula is C49H31N3O. The Morgan fingerprint density at radius 3 is 1.64 bits per heavy atom. The van der Waals surface area contributed by atoms with Gasteiger partial charge in [-0.2, -0.15) is 0 Å². The Labute approximate surface area is 306 Å². The molecule has 0 atom stereocenters. The summed E-state index contributed by atoms with van der Waals surface area (Å²) in [6.45, 7) is 0. The maximum atomic E-state index is 6.61. The van der Waals surface area contributed by atoms with Crippen molar-refractivity contribution in [3.63, 3.8) is 0 Å². The molecule has 0 saturated carbocycles. The van der Waals surface area contributed by atoms with Crippen LogP contribution in [-0.4, -0.2) is 15.0 Å². The van der Waals surface area contributed by atoms with Gasteiger partial charge in [-0.25, -0.2) is 15.0 Å². The Bertz CT molecular complexity index is 2930. The van der Waals surface area contributed by atoms with Gasteiger partial charge in [0.25, 0.3) is 0 Å². The van der Waals surface area contributed by atoms with Crippen LogP contribution in [0.2, 0.25) is 0 Å². The monoisotopic (exact) mass is 677 g/mol.